The lowest BCUT2D eigenvalue weighted by Crippen LogP contribution is -2.46. The molecule has 0 radical (unpaired) electrons. The first-order valence-electron chi connectivity index (χ1n) is 28.0. The minimum Gasteiger partial charge on any atom is -0.756 e. The highest BCUT2D eigenvalue weighted by atomic mass is 31.2. The van der Waals surface area contributed by atoms with Crippen LogP contribution in [-0.4, -0.2) is 68.5 Å². The van der Waals surface area contributed by atoms with Gasteiger partial charge in [0.25, 0.3) is 7.82 Å². The Balaban J connectivity index is 4.07. The van der Waals surface area contributed by atoms with E-state index in [2.05, 4.69) is 31.3 Å². The Labute approximate surface area is 399 Å². The van der Waals surface area contributed by atoms with Crippen LogP contribution in [0, 0.1) is 0 Å². The van der Waals surface area contributed by atoms with Crippen LogP contribution in [0.5, 0.6) is 0 Å². The number of hydrogen-bond acceptors (Lipinski definition) is 6. The van der Waals surface area contributed by atoms with Gasteiger partial charge >= 0.3 is 0 Å². The number of hydrogen-bond donors (Lipinski definition) is 2. The molecule has 0 aromatic carbocycles. The van der Waals surface area contributed by atoms with Gasteiger partial charge in [0.1, 0.15) is 13.2 Å². The van der Waals surface area contributed by atoms with Crippen molar-refractivity contribution in [3.63, 3.8) is 0 Å². The molecule has 0 fully saturated rings. The number of amides is 1. The second-order valence-corrected chi connectivity index (χ2v) is 22.1. The fourth-order valence-electron chi connectivity index (χ4n) is 8.57. The van der Waals surface area contributed by atoms with Gasteiger partial charge in [-0.2, -0.15) is 0 Å². The van der Waals surface area contributed by atoms with Crippen molar-refractivity contribution in [1.82, 2.24) is 5.32 Å². The molecule has 382 valence electrons. The summed E-state index contributed by atoms with van der Waals surface area (Å²) in [6, 6.07) is -0.797. The quantitative estimate of drug-likeness (QED) is 0.0272. The number of phosphoric ester groups is 1. The Morgan fingerprint density at radius 3 is 1.22 bits per heavy atom. The van der Waals surface area contributed by atoms with E-state index in [4.69, 9.17) is 9.05 Å². The molecular formula is C55H111N2O6P. The van der Waals surface area contributed by atoms with Crippen LogP contribution < -0.4 is 10.2 Å². The largest absolute Gasteiger partial charge is 0.756 e. The van der Waals surface area contributed by atoms with E-state index in [0.717, 1.165) is 38.5 Å². The van der Waals surface area contributed by atoms with Crippen LogP contribution in [0.2, 0.25) is 0 Å². The second-order valence-electron chi connectivity index (χ2n) is 20.6. The predicted molar refractivity (Wildman–Crippen MR) is 275 cm³/mol. The molecule has 0 aromatic heterocycles. The highest BCUT2D eigenvalue weighted by Crippen LogP contribution is 2.38. The van der Waals surface area contributed by atoms with Crippen molar-refractivity contribution in [2.45, 2.75) is 296 Å². The fourth-order valence-corrected chi connectivity index (χ4v) is 9.29. The average Bonchev–Trinajstić information content (AvgIpc) is 3.25. The van der Waals surface area contributed by atoms with E-state index in [1.165, 1.54) is 218 Å². The summed E-state index contributed by atoms with van der Waals surface area (Å²) in [6.07, 6.45) is 56.7. The number of carbonyl (C=O) groups excluding carboxylic acids is 1. The second kappa shape index (κ2) is 47.3. The van der Waals surface area contributed by atoms with E-state index >= 15 is 0 Å². The highest BCUT2D eigenvalue weighted by molar-refractivity contribution is 7.45. The SMILES string of the molecule is CCCCCCCCCCCCCC/C=C\CCCCCCCCCCCCCCC(=O)NC(COP(=O)([O-])OCC[N+](C)(C)C)C(O)CCCCCCCCCCCCCCCC. The molecule has 0 aliphatic heterocycles. The number of carbonyl (C=O) groups is 1. The van der Waals surface area contributed by atoms with Gasteiger partial charge < -0.3 is 28.8 Å². The molecule has 1 amide bonds. The fraction of sp³-hybridized carbons (Fsp3) is 0.945. The predicted octanol–water partition coefficient (Wildman–Crippen LogP) is 16.0. The zero-order chi connectivity index (χ0) is 47.1. The van der Waals surface area contributed by atoms with Crippen molar-refractivity contribution >= 4 is 13.7 Å². The summed E-state index contributed by atoms with van der Waals surface area (Å²) in [5.41, 5.74) is 0. The third-order valence-corrected chi connectivity index (χ3v) is 14.0. The first-order valence-corrected chi connectivity index (χ1v) is 29.5. The first-order chi connectivity index (χ1) is 31.0. The van der Waals surface area contributed by atoms with Gasteiger partial charge in [-0.3, -0.25) is 9.36 Å². The molecule has 3 unspecified atom stereocenters. The molecule has 8 nitrogen and oxygen atoms in total. The maximum atomic E-state index is 13.0. The molecule has 0 saturated heterocycles. The minimum atomic E-state index is -4.57. The number of likely N-dealkylation sites (N-methyl/N-ethyl adjacent to an activating group) is 1. The Hall–Kier alpha value is -0.760. The van der Waals surface area contributed by atoms with E-state index < -0.39 is 20.0 Å². The summed E-state index contributed by atoms with van der Waals surface area (Å²) >= 11 is 0. The van der Waals surface area contributed by atoms with E-state index in [-0.39, 0.29) is 19.1 Å². The number of rotatable bonds is 52. The molecule has 2 N–H and O–H groups in total. The average molecular weight is 927 g/mol. The maximum absolute atomic E-state index is 13.0. The molecular weight excluding hydrogens is 816 g/mol. The topological polar surface area (TPSA) is 108 Å². The Morgan fingerprint density at radius 1 is 0.531 bits per heavy atom. The summed E-state index contributed by atoms with van der Waals surface area (Å²) in [4.78, 5) is 25.5. The Morgan fingerprint density at radius 2 is 0.859 bits per heavy atom. The summed E-state index contributed by atoms with van der Waals surface area (Å²) < 4.78 is 23.4. The van der Waals surface area contributed by atoms with Gasteiger partial charge in [-0.15, -0.1) is 0 Å². The van der Waals surface area contributed by atoms with Crippen molar-refractivity contribution in [1.29, 1.82) is 0 Å². The molecule has 0 aliphatic carbocycles. The van der Waals surface area contributed by atoms with Crippen LogP contribution in [0.4, 0.5) is 0 Å². The van der Waals surface area contributed by atoms with Crippen molar-refractivity contribution in [2.75, 3.05) is 40.9 Å². The number of phosphoric acid groups is 1. The number of aliphatic hydroxyl groups is 1. The normalized spacial score (nSPS) is 14.0. The standard InChI is InChI=1S/C55H111N2O6P/c1-6-8-10-12-14-16-18-20-22-23-24-25-26-27-28-29-30-31-32-33-34-35-37-39-41-43-45-47-49-55(59)56-53(52-63-64(60,61)62-51-50-57(3,4)5)54(58)48-46-44-42-40-38-36-21-19-17-15-13-11-9-7-2/h27-28,53-54,58H,6-26,29-52H2,1-5H3,(H-,56,59,60,61)/b28-27-. The van der Waals surface area contributed by atoms with E-state index in [0.29, 0.717) is 23.9 Å². The molecule has 0 spiro atoms. The summed E-state index contributed by atoms with van der Waals surface area (Å²) in [5.74, 6) is -0.161. The van der Waals surface area contributed by atoms with Crippen LogP contribution in [0.15, 0.2) is 12.2 Å². The van der Waals surface area contributed by atoms with Gasteiger partial charge in [-0.05, 0) is 38.5 Å². The van der Waals surface area contributed by atoms with Gasteiger partial charge in [0.2, 0.25) is 5.91 Å². The molecule has 64 heavy (non-hydrogen) atoms. The monoisotopic (exact) mass is 927 g/mol. The number of nitrogens with one attached hydrogen (secondary N) is 1. The number of quaternary nitrogens is 1. The van der Waals surface area contributed by atoms with E-state index in [1.54, 1.807) is 0 Å². The summed E-state index contributed by atoms with van der Waals surface area (Å²) in [6.45, 7) is 4.76. The Kier molecular flexibility index (Phi) is 46.8. The van der Waals surface area contributed by atoms with Crippen LogP contribution in [0.25, 0.3) is 0 Å². The third-order valence-electron chi connectivity index (χ3n) is 13.0. The van der Waals surface area contributed by atoms with Crippen LogP contribution in [0.1, 0.15) is 284 Å². The van der Waals surface area contributed by atoms with Crippen LogP contribution >= 0.6 is 7.82 Å². The smallest absolute Gasteiger partial charge is 0.268 e. The minimum absolute atomic E-state index is 0.0146. The maximum Gasteiger partial charge on any atom is 0.268 e. The van der Waals surface area contributed by atoms with E-state index in [9.17, 15) is 19.4 Å². The number of unbranched alkanes of at least 4 members (excludes halogenated alkanes) is 37. The lowest BCUT2D eigenvalue weighted by atomic mass is 10.0. The molecule has 0 saturated carbocycles. The summed E-state index contributed by atoms with van der Waals surface area (Å²) in [5, 5.41) is 14.0. The van der Waals surface area contributed by atoms with Crippen molar-refractivity contribution in [2.24, 2.45) is 0 Å². The molecule has 0 bridgehead atoms. The van der Waals surface area contributed by atoms with Gasteiger partial charge in [0.15, 0.2) is 0 Å². The van der Waals surface area contributed by atoms with Crippen LogP contribution in [0.3, 0.4) is 0 Å². The summed E-state index contributed by atoms with van der Waals surface area (Å²) in [7, 11) is 1.32. The number of nitrogens with zero attached hydrogens (tertiary/aromatic N) is 1. The zero-order valence-corrected chi connectivity index (χ0v) is 44.4. The molecule has 9 heteroatoms. The van der Waals surface area contributed by atoms with Crippen molar-refractivity contribution < 1.29 is 32.9 Å². The van der Waals surface area contributed by atoms with E-state index in [1.807, 2.05) is 21.1 Å². The third kappa shape index (κ3) is 49.2. The van der Waals surface area contributed by atoms with Crippen molar-refractivity contribution in [3.8, 4) is 0 Å². The molecule has 0 rings (SSSR count). The van der Waals surface area contributed by atoms with Gasteiger partial charge in [0, 0.05) is 6.42 Å². The highest BCUT2D eigenvalue weighted by Gasteiger charge is 2.24. The lowest BCUT2D eigenvalue weighted by molar-refractivity contribution is -0.870. The first kappa shape index (κ1) is 63.2. The van der Waals surface area contributed by atoms with Gasteiger partial charge in [0.05, 0.1) is 39.9 Å². The van der Waals surface area contributed by atoms with Crippen molar-refractivity contribution in [3.05, 3.63) is 12.2 Å². The molecule has 0 aromatic rings. The Bertz CT molecular complexity index is 1050. The van der Waals surface area contributed by atoms with Gasteiger partial charge in [-0.1, -0.05) is 251 Å². The molecule has 3 atom stereocenters. The number of aliphatic hydroxyl groups excluding tert-OH is 1. The zero-order valence-electron chi connectivity index (χ0n) is 43.5. The van der Waals surface area contributed by atoms with Gasteiger partial charge in [-0.25, -0.2) is 0 Å². The molecule has 0 heterocycles. The number of allylic oxidation sites excluding steroid dienone is 2. The molecule has 0 aliphatic rings. The van der Waals surface area contributed by atoms with Crippen LogP contribution in [-0.2, 0) is 18.4 Å². The lowest BCUT2D eigenvalue weighted by Gasteiger charge is -2.30.